The zero-order valence-electron chi connectivity index (χ0n) is 18.9. The van der Waals surface area contributed by atoms with Gasteiger partial charge in [-0.1, -0.05) is 54.6 Å². The molecule has 35 heavy (non-hydrogen) atoms. The number of anilines is 1. The molecule has 4 rings (SSSR count). The molecule has 0 saturated heterocycles. The largest absolute Gasteiger partial charge is 0.489 e. The lowest BCUT2D eigenvalue weighted by Crippen LogP contribution is -2.13. The molecule has 0 atom stereocenters. The first-order chi connectivity index (χ1) is 16.9. The number of aryl methyl sites for hydroxylation is 1. The molecular formula is C28H21N3O4. The van der Waals surface area contributed by atoms with Crippen molar-refractivity contribution in [2.24, 2.45) is 0 Å². The van der Waals surface area contributed by atoms with Crippen molar-refractivity contribution in [1.82, 2.24) is 0 Å². The van der Waals surface area contributed by atoms with E-state index >= 15 is 0 Å². The summed E-state index contributed by atoms with van der Waals surface area (Å²) >= 11 is 0. The second-order valence-electron chi connectivity index (χ2n) is 7.87. The first-order valence-electron chi connectivity index (χ1n) is 10.8. The number of carbonyl (C=O) groups is 1. The van der Waals surface area contributed by atoms with Gasteiger partial charge in [-0.15, -0.1) is 0 Å². The Morgan fingerprint density at radius 3 is 2.57 bits per heavy atom. The van der Waals surface area contributed by atoms with Crippen molar-refractivity contribution in [3.8, 4) is 11.8 Å². The molecule has 4 aromatic carbocycles. The molecule has 0 aromatic heterocycles. The number of hydrogen-bond donors (Lipinski definition) is 1. The van der Waals surface area contributed by atoms with Crippen molar-refractivity contribution in [1.29, 1.82) is 5.26 Å². The summed E-state index contributed by atoms with van der Waals surface area (Å²) in [7, 11) is 0. The molecule has 1 N–H and O–H groups in total. The molecule has 0 bridgehead atoms. The highest BCUT2D eigenvalue weighted by Crippen LogP contribution is 2.24. The fourth-order valence-electron chi connectivity index (χ4n) is 3.66. The number of carbonyl (C=O) groups excluding carboxylic acids is 1. The fraction of sp³-hybridized carbons (Fsp3) is 0.0714. The minimum Gasteiger partial charge on any atom is -0.489 e. The van der Waals surface area contributed by atoms with Crippen molar-refractivity contribution >= 4 is 34.1 Å². The summed E-state index contributed by atoms with van der Waals surface area (Å²) in [5, 5.41) is 25.2. The van der Waals surface area contributed by atoms with E-state index < -0.39 is 10.8 Å². The molecular weight excluding hydrogens is 442 g/mol. The van der Waals surface area contributed by atoms with Gasteiger partial charge in [0.25, 0.3) is 11.6 Å². The third-order valence-electron chi connectivity index (χ3n) is 5.53. The third-order valence-corrected chi connectivity index (χ3v) is 5.53. The number of ether oxygens (including phenoxy) is 1. The molecule has 1 amide bonds. The van der Waals surface area contributed by atoms with Crippen molar-refractivity contribution in [2.45, 2.75) is 13.5 Å². The lowest BCUT2D eigenvalue weighted by molar-refractivity contribution is -0.384. The Morgan fingerprint density at radius 1 is 1.06 bits per heavy atom. The molecule has 7 heteroatoms. The molecule has 0 saturated carbocycles. The number of fused-ring (bicyclic) bond motifs is 1. The molecule has 0 unspecified atom stereocenters. The highest BCUT2D eigenvalue weighted by molar-refractivity contribution is 6.09. The minimum absolute atomic E-state index is 0.128. The quantitative estimate of drug-likeness (QED) is 0.152. The van der Waals surface area contributed by atoms with E-state index in [0.29, 0.717) is 17.9 Å². The molecule has 0 spiro atoms. The van der Waals surface area contributed by atoms with Gasteiger partial charge in [-0.25, -0.2) is 0 Å². The number of rotatable bonds is 7. The van der Waals surface area contributed by atoms with Gasteiger partial charge in [-0.05, 0) is 53.1 Å². The maximum Gasteiger partial charge on any atom is 0.271 e. The van der Waals surface area contributed by atoms with E-state index in [-0.39, 0.29) is 16.9 Å². The second-order valence-corrected chi connectivity index (χ2v) is 7.87. The summed E-state index contributed by atoms with van der Waals surface area (Å²) in [5.41, 5.74) is 2.87. The first-order valence-corrected chi connectivity index (χ1v) is 10.8. The monoisotopic (exact) mass is 463 g/mol. The van der Waals surface area contributed by atoms with Crippen LogP contribution in [0.1, 0.15) is 16.7 Å². The van der Waals surface area contributed by atoms with E-state index in [0.717, 1.165) is 21.9 Å². The van der Waals surface area contributed by atoms with Gasteiger partial charge in [-0.2, -0.15) is 5.26 Å². The lowest BCUT2D eigenvalue weighted by Gasteiger charge is -2.12. The van der Waals surface area contributed by atoms with Crippen LogP contribution in [0.5, 0.6) is 5.75 Å². The van der Waals surface area contributed by atoms with Crippen LogP contribution < -0.4 is 10.1 Å². The Morgan fingerprint density at radius 2 is 1.83 bits per heavy atom. The van der Waals surface area contributed by atoms with Gasteiger partial charge in [0.2, 0.25) is 0 Å². The maximum atomic E-state index is 12.5. The summed E-state index contributed by atoms with van der Waals surface area (Å²) in [6, 6.07) is 26.8. The Bertz CT molecular complexity index is 1480. The van der Waals surface area contributed by atoms with Crippen LogP contribution in [-0.2, 0) is 11.4 Å². The SMILES string of the molecule is Cc1ccc2ccccc2c1COc1ccc(/C=C(\C#N)C(=O)Nc2cccc([N+](=O)[O-])c2)cc1. The Balaban J connectivity index is 1.45. The van der Waals surface area contributed by atoms with Crippen LogP contribution in [0, 0.1) is 28.4 Å². The van der Waals surface area contributed by atoms with Gasteiger partial charge in [0.1, 0.15) is 24.0 Å². The van der Waals surface area contributed by atoms with Gasteiger partial charge in [0, 0.05) is 23.4 Å². The van der Waals surface area contributed by atoms with Crippen molar-refractivity contribution in [2.75, 3.05) is 5.32 Å². The van der Waals surface area contributed by atoms with E-state index in [9.17, 15) is 20.2 Å². The van der Waals surface area contributed by atoms with Crippen molar-refractivity contribution in [3.63, 3.8) is 0 Å². The highest BCUT2D eigenvalue weighted by atomic mass is 16.6. The number of nitrogens with one attached hydrogen (secondary N) is 1. The highest BCUT2D eigenvalue weighted by Gasteiger charge is 2.12. The number of nitro benzene ring substituents is 1. The van der Waals surface area contributed by atoms with E-state index in [4.69, 9.17) is 4.74 Å². The Labute approximate surface area is 202 Å². The van der Waals surface area contributed by atoms with Gasteiger partial charge in [0.15, 0.2) is 0 Å². The zero-order chi connectivity index (χ0) is 24.8. The summed E-state index contributed by atoms with van der Waals surface area (Å²) in [4.78, 5) is 22.9. The minimum atomic E-state index is -0.653. The van der Waals surface area contributed by atoms with Crippen molar-refractivity contribution < 1.29 is 14.5 Å². The van der Waals surface area contributed by atoms with Crippen LogP contribution in [0.3, 0.4) is 0 Å². The summed E-state index contributed by atoms with van der Waals surface area (Å²) < 4.78 is 6.00. The van der Waals surface area contributed by atoms with E-state index in [1.165, 1.54) is 30.3 Å². The van der Waals surface area contributed by atoms with Gasteiger partial charge < -0.3 is 10.1 Å². The van der Waals surface area contributed by atoms with Crippen LogP contribution >= 0.6 is 0 Å². The molecule has 0 fully saturated rings. The smallest absolute Gasteiger partial charge is 0.271 e. The molecule has 0 aliphatic heterocycles. The van der Waals surface area contributed by atoms with Gasteiger partial charge in [0.05, 0.1) is 4.92 Å². The summed E-state index contributed by atoms with van der Waals surface area (Å²) in [6.07, 6.45) is 1.45. The van der Waals surface area contributed by atoms with E-state index in [1.54, 1.807) is 24.3 Å². The van der Waals surface area contributed by atoms with Gasteiger partial charge in [-0.3, -0.25) is 14.9 Å². The molecule has 0 heterocycles. The number of benzene rings is 4. The molecule has 0 aliphatic carbocycles. The molecule has 4 aromatic rings. The average Bonchev–Trinajstić information content (AvgIpc) is 2.87. The average molecular weight is 463 g/mol. The maximum absolute atomic E-state index is 12.5. The predicted octanol–water partition coefficient (Wildman–Crippen LogP) is 6.18. The van der Waals surface area contributed by atoms with E-state index in [1.807, 2.05) is 18.2 Å². The molecule has 7 nitrogen and oxygen atoms in total. The van der Waals surface area contributed by atoms with Crippen LogP contribution in [0.4, 0.5) is 11.4 Å². The van der Waals surface area contributed by atoms with Crippen LogP contribution in [0.15, 0.2) is 90.5 Å². The van der Waals surface area contributed by atoms with E-state index in [2.05, 4.69) is 36.5 Å². The number of nitriles is 1. The molecule has 0 aliphatic rings. The summed E-state index contributed by atoms with van der Waals surface area (Å²) in [6.45, 7) is 2.47. The zero-order valence-corrected chi connectivity index (χ0v) is 18.9. The normalized spacial score (nSPS) is 11.0. The van der Waals surface area contributed by atoms with Gasteiger partial charge >= 0.3 is 0 Å². The number of nitrogens with zero attached hydrogens (tertiary/aromatic N) is 2. The molecule has 172 valence electrons. The Kier molecular flexibility index (Phi) is 6.84. The Hall–Kier alpha value is -4.96. The predicted molar refractivity (Wildman–Crippen MR) is 135 cm³/mol. The topological polar surface area (TPSA) is 105 Å². The molecule has 0 radical (unpaired) electrons. The number of nitro groups is 1. The number of amides is 1. The van der Waals surface area contributed by atoms with Crippen LogP contribution in [0.2, 0.25) is 0 Å². The number of non-ortho nitro benzene ring substituents is 1. The van der Waals surface area contributed by atoms with Crippen LogP contribution in [-0.4, -0.2) is 10.8 Å². The second kappa shape index (κ2) is 10.3. The summed E-state index contributed by atoms with van der Waals surface area (Å²) in [5.74, 6) is 0.00814. The third kappa shape index (κ3) is 5.52. The standard InChI is InChI=1S/C28H21N3O4/c1-19-9-12-21-5-2-3-8-26(21)27(19)18-35-25-13-10-20(11-14-25)15-22(17-29)28(32)30-23-6-4-7-24(16-23)31(33)34/h2-16H,18H2,1H3,(H,30,32)/b22-15+. The number of hydrogen-bond acceptors (Lipinski definition) is 5. The lowest BCUT2D eigenvalue weighted by atomic mass is 10.0. The first kappa shape index (κ1) is 23.2. The van der Waals surface area contributed by atoms with Crippen LogP contribution in [0.25, 0.3) is 16.8 Å². The van der Waals surface area contributed by atoms with Crippen molar-refractivity contribution in [3.05, 3.63) is 117 Å². The fourth-order valence-corrected chi connectivity index (χ4v) is 3.66.